The van der Waals surface area contributed by atoms with E-state index in [1.54, 1.807) is 13.0 Å². The van der Waals surface area contributed by atoms with Crippen LogP contribution in [-0.2, 0) is 30.5 Å². The first kappa shape index (κ1) is 29.2. The van der Waals surface area contributed by atoms with Crippen LogP contribution in [0.2, 0.25) is 0 Å². The summed E-state index contributed by atoms with van der Waals surface area (Å²) in [7, 11) is 6.44. The van der Waals surface area contributed by atoms with Gasteiger partial charge in [0.25, 0.3) is 0 Å². The van der Waals surface area contributed by atoms with Crippen molar-refractivity contribution in [3.63, 3.8) is 0 Å². The van der Waals surface area contributed by atoms with Crippen molar-refractivity contribution < 1.29 is 44.6 Å². The normalized spacial score (nSPS) is 33.6. The van der Waals surface area contributed by atoms with Gasteiger partial charge in [0.15, 0.2) is 18.4 Å². The summed E-state index contributed by atoms with van der Waals surface area (Å²) in [6, 6.07) is 3.39. The molecule has 2 saturated carbocycles. The molecule has 3 aliphatic rings. The lowest BCUT2D eigenvalue weighted by Gasteiger charge is -2.53. The molecular weight excluding hydrogens is 495 g/mol. The molecule has 1 aromatic carbocycles. The summed E-state index contributed by atoms with van der Waals surface area (Å²) in [4.78, 5) is 0. The molecule has 8 nitrogen and oxygen atoms in total. The predicted molar refractivity (Wildman–Crippen MR) is 129 cm³/mol. The number of hydrogen-bond donors (Lipinski definition) is 0. The van der Waals surface area contributed by atoms with Crippen molar-refractivity contribution in [3.05, 3.63) is 29.1 Å². The molecule has 0 saturated heterocycles. The third-order valence-corrected chi connectivity index (χ3v) is 7.95. The van der Waals surface area contributed by atoms with Crippen LogP contribution in [0.1, 0.15) is 43.2 Å². The van der Waals surface area contributed by atoms with E-state index in [1.807, 2.05) is 6.07 Å². The van der Waals surface area contributed by atoms with Crippen LogP contribution in [0.25, 0.3) is 0 Å². The highest BCUT2D eigenvalue weighted by Crippen LogP contribution is 2.63. The molecule has 7 atom stereocenters. The zero-order chi connectivity index (χ0) is 27.1. The van der Waals surface area contributed by atoms with Gasteiger partial charge in [0.1, 0.15) is 12.3 Å². The molecule has 0 aromatic heterocycles. The molecule has 1 aromatic rings. The lowest BCUT2D eigenvalue weighted by molar-refractivity contribution is -0.849. The Bertz CT molecular complexity index is 1030. The number of alkyl halides is 1. The van der Waals surface area contributed by atoms with E-state index in [9.17, 15) is 17.4 Å². The molecule has 4 rings (SSSR count). The van der Waals surface area contributed by atoms with Gasteiger partial charge in [0.2, 0.25) is 10.4 Å². The minimum atomic E-state index is -5.05. The Kier molecular flexibility index (Phi) is 8.74. The highest BCUT2D eigenvalue weighted by Gasteiger charge is 2.62. The Morgan fingerprint density at radius 2 is 1.83 bits per heavy atom. The van der Waals surface area contributed by atoms with E-state index in [1.165, 1.54) is 14.2 Å². The number of fused-ring (bicyclic) bond motifs is 5. The fourth-order valence-electron chi connectivity index (χ4n) is 6.34. The number of halogens is 2. The topological polar surface area (TPSA) is 94.1 Å². The van der Waals surface area contributed by atoms with Gasteiger partial charge < -0.3 is 23.2 Å². The first-order valence-corrected chi connectivity index (χ1v) is 13.5. The van der Waals surface area contributed by atoms with Gasteiger partial charge in [-0.2, -0.15) is 0 Å². The number of nitrogens with zero attached hydrogens (tertiary/aromatic N) is 1. The second kappa shape index (κ2) is 10.8. The van der Waals surface area contributed by atoms with Crippen LogP contribution in [0.4, 0.5) is 8.78 Å². The maximum Gasteiger partial charge on any atom is 0.218 e. The Balaban J connectivity index is 0.000000658. The molecular formula is C25H39F2NO7S. The van der Waals surface area contributed by atoms with Crippen molar-refractivity contribution in [2.75, 3.05) is 49.2 Å². The summed E-state index contributed by atoms with van der Waals surface area (Å²) >= 11 is 0. The first-order valence-electron chi connectivity index (χ1n) is 12.1. The predicted octanol–water partition coefficient (Wildman–Crippen LogP) is 3.41. The standard InChI is InChI=1S/C21H28F2O7S.C4H12N/c1-21-9-17(28-3)18-11-6-7-16(29-10-27-2)19(23)12(11)4-5-13(18)14(21)8-15(22)20(21)30-31(24,25)26;1-5(2,3)4/h6-7,13-15,17-18,20H,4-5,8-10H2,1-3H3,(H,24,25,26);1-4H3/q;+1/p-1/t13-,14-,15+,17-,18+,20-,21-;/m0./s1/i22-1;. The summed E-state index contributed by atoms with van der Waals surface area (Å²) < 4.78 is 85.4. The van der Waals surface area contributed by atoms with Crippen LogP contribution in [0.5, 0.6) is 5.75 Å². The fraction of sp³-hybridized carbons (Fsp3) is 0.760. The van der Waals surface area contributed by atoms with Crippen LogP contribution in [-0.4, -0.2) is 85.0 Å². The van der Waals surface area contributed by atoms with Gasteiger partial charge in [-0.3, -0.25) is 4.18 Å². The lowest BCUT2D eigenvalue weighted by atomic mass is 9.54. The van der Waals surface area contributed by atoms with Gasteiger partial charge in [0.05, 0.1) is 34.3 Å². The second-order valence-corrected chi connectivity index (χ2v) is 12.7. The van der Waals surface area contributed by atoms with Gasteiger partial charge in [-0.25, -0.2) is 17.2 Å². The molecule has 0 heterocycles. The zero-order valence-electron chi connectivity index (χ0n) is 22.1. The van der Waals surface area contributed by atoms with Crippen LogP contribution in [0.3, 0.4) is 0 Å². The van der Waals surface area contributed by atoms with Gasteiger partial charge in [-0.05, 0) is 54.7 Å². The summed E-state index contributed by atoms with van der Waals surface area (Å²) in [5.41, 5.74) is 0.491. The van der Waals surface area contributed by atoms with E-state index in [-0.39, 0.29) is 36.7 Å². The Morgan fingerprint density at radius 3 is 2.39 bits per heavy atom. The molecule has 3 aliphatic carbocycles. The van der Waals surface area contributed by atoms with Gasteiger partial charge in [0, 0.05) is 25.6 Å². The minimum Gasteiger partial charge on any atom is -0.726 e. The van der Waals surface area contributed by atoms with E-state index in [4.69, 9.17) is 18.4 Å². The highest BCUT2D eigenvalue weighted by atomic mass is 32.3. The maximum atomic E-state index is 15.1. The number of methoxy groups -OCH3 is 2. The molecule has 0 radical (unpaired) electrons. The quantitative estimate of drug-likeness (QED) is 0.239. The van der Waals surface area contributed by atoms with Crippen molar-refractivity contribution in [3.8, 4) is 5.75 Å². The highest BCUT2D eigenvalue weighted by molar-refractivity contribution is 7.80. The van der Waals surface area contributed by atoms with Crippen molar-refractivity contribution in [1.29, 1.82) is 0 Å². The third kappa shape index (κ3) is 6.19. The molecule has 2 fully saturated rings. The van der Waals surface area contributed by atoms with Gasteiger partial charge in [-0.15, -0.1) is 0 Å². The Morgan fingerprint density at radius 1 is 1.19 bits per heavy atom. The molecule has 0 amide bonds. The van der Waals surface area contributed by atoms with Gasteiger partial charge in [-0.1, -0.05) is 13.0 Å². The monoisotopic (exact) mass is 534 g/mol. The summed E-state index contributed by atoms with van der Waals surface area (Å²) in [6.45, 7) is 1.71. The maximum absolute atomic E-state index is 15.1. The molecule has 0 N–H and O–H groups in total. The summed E-state index contributed by atoms with van der Waals surface area (Å²) in [5.74, 6) is -0.751. The minimum absolute atomic E-state index is 0.0532. The van der Waals surface area contributed by atoms with Crippen molar-refractivity contribution in [2.45, 2.75) is 56.9 Å². The number of hydrogen-bond acceptors (Lipinski definition) is 7. The lowest BCUT2D eigenvalue weighted by Crippen LogP contribution is -2.52. The van der Waals surface area contributed by atoms with Crippen LogP contribution in [0.15, 0.2) is 12.1 Å². The summed E-state index contributed by atoms with van der Waals surface area (Å²) in [5, 5.41) is 0. The van der Waals surface area contributed by atoms with E-state index in [2.05, 4.69) is 28.2 Å². The number of quaternary nitrogens is 1. The molecule has 206 valence electrons. The SMILES string of the molecule is COCOc1ccc2c(c1F)CC[C@@H]1[C@@H]2[C@@H](OC)C[C@@]2(C)[C@H]1C[C@@H]([18F])[C@@H]2OS(=O)(=O)[O-].C[N+](C)(C)C. The van der Waals surface area contributed by atoms with Crippen LogP contribution < -0.4 is 4.74 Å². The van der Waals surface area contributed by atoms with Crippen molar-refractivity contribution in [1.82, 2.24) is 0 Å². The fourth-order valence-corrected chi connectivity index (χ4v) is 6.94. The van der Waals surface area contributed by atoms with Gasteiger partial charge >= 0.3 is 0 Å². The Hall–Kier alpha value is -1.37. The zero-order valence-corrected chi connectivity index (χ0v) is 22.9. The van der Waals surface area contributed by atoms with Crippen LogP contribution in [0, 0.1) is 23.1 Å². The smallest absolute Gasteiger partial charge is 0.218 e. The Labute approximate surface area is 213 Å². The van der Waals surface area contributed by atoms with E-state index < -0.39 is 40.0 Å². The van der Waals surface area contributed by atoms with Crippen molar-refractivity contribution >= 4 is 10.4 Å². The van der Waals surface area contributed by atoms with E-state index >= 15 is 4.39 Å². The molecule has 11 heteroatoms. The first-order chi connectivity index (χ1) is 16.6. The summed E-state index contributed by atoms with van der Waals surface area (Å²) in [6.07, 6.45) is -1.88. The van der Waals surface area contributed by atoms with Crippen LogP contribution >= 0.6 is 0 Å². The second-order valence-electron chi connectivity index (χ2n) is 11.7. The number of ether oxygens (including phenoxy) is 3. The largest absolute Gasteiger partial charge is 0.726 e. The van der Waals surface area contributed by atoms with E-state index in [0.29, 0.717) is 24.8 Å². The molecule has 36 heavy (non-hydrogen) atoms. The average molecular weight is 535 g/mol. The number of benzene rings is 1. The molecule has 0 bridgehead atoms. The molecule has 0 aliphatic heterocycles. The van der Waals surface area contributed by atoms with E-state index in [0.717, 1.165) is 10.0 Å². The van der Waals surface area contributed by atoms with Crippen molar-refractivity contribution in [2.24, 2.45) is 17.3 Å². The number of rotatable bonds is 6. The third-order valence-electron chi connectivity index (χ3n) is 7.51. The average Bonchev–Trinajstić information content (AvgIpc) is 3.00. The molecule has 0 unspecified atom stereocenters. The molecule has 0 spiro atoms.